The van der Waals surface area contributed by atoms with Crippen LogP contribution in [0.5, 0.6) is 0 Å². The zero-order valence-corrected chi connectivity index (χ0v) is 69.4. The van der Waals surface area contributed by atoms with Gasteiger partial charge in [0.15, 0.2) is 18.9 Å². The number of amides is 1. The van der Waals surface area contributed by atoms with E-state index in [2.05, 4.69) is 19.2 Å². The molecule has 0 aromatic heterocycles. The molecular weight excluding hydrogens is 1370 g/mol. The van der Waals surface area contributed by atoms with Gasteiger partial charge in [-0.15, -0.1) is 0 Å². The number of carbonyl (C=O) groups is 1. The summed E-state index contributed by atoms with van der Waals surface area (Å²) < 4.78 is 34.6. The number of aliphatic hydroxyl groups excluding tert-OH is 11. The highest BCUT2D eigenvalue weighted by Gasteiger charge is 2.54. The number of aliphatic hydroxyl groups is 11. The fraction of sp³-hybridized carbons (Fsp3) is 0.989. The molecule has 3 fully saturated rings. The second kappa shape index (κ2) is 70.0. The van der Waals surface area contributed by atoms with Crippen molar-refractivity contribution in [3.8, 4) is 0 Å². The molecule has 108 heavy (non-hydrogen) atoms. The highest BCUT2D eigenvalue weighted by molar-refractivity contribution is 5.76. The molecule has 3 aliphatic rings. The SMILES string of the molecule is CCCCCCCCCCCCCCCCCCCCCCCCCCCCCCCCCCCCCCC(=O)NC(COC1OC(CO)C(OC2OC(CO)C(OC3OC(CO)C(O)C(O)C3O)C(O)C2O)C(O)C1O)C(O)CCCCCCCCCCCCCCCCCCCCCCCCCCCCC. The first-order chi connectivity index (χ1) is 52.8. The van der Waals surface area contributed by atoms with Crippen LogP contribution in [0.15, 0.2) is 0 Å². The van der Waals surface area contributed by atoms with Crippen molar-refractivity contribution in [1.29, 1.82) is 0 Å². The summed E-state index contributed by atoms with van der Waals surface area (Å²) in [6.07, 6.45) is 58.0. The number of ether oxygens (including phenoxy) is 6. The number of hydrogen-bond donors (Lipinski definition) is 12. The van der Waals surface area contributed by atoms with Gasteiger partial charge in [-0.25, -0.2) is 0 Å². The van der Waals surface area contributed by atoms with Crippen molar-refractivity contribution < 1.29 is 89.4 Å². The van der Waals surface area contributed by atoms with Crippen LogP contribution in [0.25, 0.3) is 0 Å². The first-order valence-electron chi connectivity index (χ1n) is 46.3. The molecule has 1 amide bonds. The van der Waals surface area contributed by atoms with Crippen molar-refractivity contribution in [1.82, 2.24) is 5.32 Å². The quantitative estimate of drug-likeness (QED) is 0.0252. The van der Waals surface area contributed by atoms with Crippen LogP contribution in [0.3, 0.4) is 0 Å². The minimum atomic E-state index is -1.97. The molecule has 0 radical (unpaired) electrons. The lowest BCUT2D eigenvalue weighted by atomic mass is 9.96. The fourth-order valence-electron chi connectivity index (χ4n) is 16.3. The molecule has 17 unspecified atom stereocenters. The lowest BCUT2D eigenvalue weighted by molar-refractivity contribution is -0.379. The van der Waals surface area contributed by atoms with Crippen LogP contribution in [0, 0.1) is 0 Å². The van der Waals surface area contributed by atoms with Gasteiger partial charge in [-0.2, -0.15) is 0 Å². The van der Waals surface area contributed by atoms with Gasteiger partial charge in [-0.1, -0.05) is 412 Å². The van der Waals surface area contributed by atoms with Crippen LogP contribution in [-0.4, -0.2) is 193 Å². The third-order valence-corrected chi connectivity index (χ3v) is 23.7. The van der Waals surface area contributed by atoms with Crippen LogP contribution in [0.1, 0.15) is 431 Å². The van der Waals surface area contributed by atoms with E-state index in [0.717, 1.165) is 44.9 Å². The van der Waals surface area contributed by atoms with Crippen LogP contribution in [-0.2, 0) is 33.2 Å². The number of nitrogens with one attached hydrogen (secondary N) is 1. The van der Waals surface area contributed by atoms with Crippen LogP contribution in [0.4, 0.5) is 0 Å². The molecule has 19 nitrogen and oxygen atoms in total. The molecule has 12 N–H and O–H groups in total. The van der Waals surface area contributed by atoms with E-state index >= 15 is 0 Å². The first kappa shape index (κ1) is 101. The predicted molar refractivity (Wildman–Crippen MR) is 434 cm³/mol. The molecular formula is C89H173NO18. The summed E-state index contributed by atoms with van der Waals surface area (Å²) in [5.74, 6) is -0.230. The summed E-state index contributed by atoms with van der Waals surface area (Å²) in [4.78, 5) is 13.5. The Kier molecular flexibility index (Phi) is 65.5. The second-order valence-corrected chi connectivity index (χ2v) is 33.5. The molecule has 17 atom stereocenters. The minimum absolute atomic E-state index is 0.230. The lowest BCUT2D eigenvalue weighted by Gasteiger charge is -2.48. The van der Waals surface area contributed by atoms with Crippen molar-refractivity contribution in [2.45, 2.75) is 535 Å². The molecule has 0 aromatic rings. The molecule has 19 heteroatoms. The molecule has 3 saturated heterocycles. The third-order valence-electron chi connectivity index (χ3n) is 23.7. The molecule has 0 aliphatic carbocycles. The third kappa shape index (κ3) is 48.4. The van der Waals surface area contributed by atoms with Gasteiger partial charge in [0.2, 0.25) is 5.91 Å². The number of unbranched alkanes of at least 4 members (excludes halogenated alkanes) is 61. The summed E-state index contributed by atoms with van der Waals surface area (Å²) in [6.45, 7) is 1.89. The maximum absolute atomic E-state index is 13.5. The Labute approximate surface area is 659 Å². The maximum atomic E-state index is 13.5. The average Bonchev–Trinajstić information content (AvgIpc) is 0.778. The molecule has 0 aromatic carbocycles. The molecule has 0 saturated carbocycles. The minimum Gasteiger partial charge on any atom is -0.394 e. The Hall–Kier alpha value is -1.21. The number of carbonyl (C=O) groups excluding carboxylic acids is 1. The van der Waals surface area contributed by atoms with E-state index in [1.54, 1.807) is 0 Å². The van der Waals surface area contributed by atoms with Crippen molar-refractivity contribution >= 4 is 5.91 Å². The van der Waals surface area contributed by atoms with Crippen molar-refractivity contribution in [3.05, 3.63) is 0 Å². The van der Waals surface area contributed by atoms with Crippen molar-refractivity contribution in [3.63, 3.8) is 0 Å². The monoisotopic (exact) mass is 1540 g/mol. The van der Waals surface area contributed by atoms with Gasteiger partial charge < -0.3 is 89.9 Å². The topological polar surface area (TPSA) is 307 Å². The fourth-order valence-corrected chi connectivity index (χ4v) is 16.3. The van der Waals surface area contributed by atoms with E-state index in [-0.39, 0.29) is 18.9 Å². The lowest BCUT2D eigenvalue weighted by Crippen LogP contribution is -2.66. The molecule has 3 rings (SSSR count). The van der Waals surface area contributed by atoms with Gasteiger partial charge in [0, 0.05) is 6.42 Å². The second-order valence-electron chi connectivity index (χ2n) is 33.5. The van der Waals surface area contributed by atoms with Gasteiger partial charge in [0.25, 0.3) is 0 Å². The predicted octanol–water partition coefficient (Wildman–Crippen LogP) is 17.7. The Balaban J connectivity index is 1.30. The van der Waals surface area contributed by atoms with Crippen LogP contribution >= 0.6 is 0 Å². The summed E-state index contributed by atoms with van der Waals surface area (Å²) >= 11 is 0. The Bertz CT molecular complexity index is 1940. The smallest absolute Gasteiger partial charge is 0.220 e. The van der Waals surface area contributed by atoms with E-state index in [4.69, 9.17) is 28.4 Å². The number of hydrogen-bond acceptors (Lipinski definition) is 18. The zero-order chi connectivity index (χ0) is 78.1. The van der Waals surface area contributed by atoms with Crippen molar-refractivity contribution in [2.75, 3.05) is 26.4 Å². The highest BCUT2D eigenvalue weighted by Crippen LogP contribution is 2.34. The van der Waals surface area contributed by atoms with E-state index in [9.17, 15) is 61.0 Å². The molecule has 642 valence electrons. The number of rotatable bonds is 77. The van der Waals surface area contributed by atoms with E-state index in [1.165, 1.54) is 353 Å². The standard InChI is InChI=1S/C89H173NO18/c1-3-5-7-9-11-13-15-17-19-21-23-25-27-29-31-32-33-34-35-36-37-38-39-41-43-45-47-49-51-53-55-57-59-61-63-65-67-77(95)90-72(73(94)66-64-62-60-58-56-54-52-50-48-46-44-42-40-30-28-26-24-22-20-18-16-14-12-10-8-6-4-2)71-103-87-83(101)80(98)85(75(69-92)105-87)108-89-84(102)81(99)86(76(70-93)106-89)107-88-82(100)79(97)78(96)74(68-91)104-88/h72-76,78-89,91-94,96-102H,3-71H2,1-2H3,(H,90,95). The normalized spacial score (nSPS) is 25.3. The molecule has 3 heterocycles. The van der Waals surface area contributed by atoms with Crippen LogP contribution in [0.2, 0.25) is 0 Å². The van der Waals surface area contributed by atoms with E-state index in [0.29, 0.717) is 12.8 Å². The molecule has 0 bridgehead atoms. The van der Waals surface area contributed by atoms with Gasteiger partial charge in [0.05, 0.1) is 38.6 Å². The van der Waals surface area contributed by atoms with E-state index in [1.807, 2.05) is 0 Å². The van der Waals surface area contributed by atoms with Gasteiger partial charge >= 0.3 is 0 Å². The zero-order valence-electron chi connectivity index (χ0n) is 69.4. The first-order valence-corrected chi connectivity index (χ1v) is 46.3. The van der Waals surface area contributed by atoms with Crippen LogP contribution < -0.4 is 5.32 Å². The largest absolute Gasteiger partial charge is 0.394 e. The van der Waals surface area contributed by atoms with Gasteiger partial charge in [-0.3, -0.25) is 4.79 Å². The Morgan fingerprint density at radius 3 is 0.806 bits per heavy atom. The van der Waals surface area contributed by atoms with Crippen molar-refractivity contribution in [2.24, 2.45) is 0 Å². The average molecular weight is 1550 g/mol. The van der Waals surface area contributed by atoms with Gasteiger partial charge in [-0.05, 0) is 12.8 Å². The Morgan fingerprint density at radius 2 is 0.528 bits per heavy atom. The summed E-state index contributed by atoms with van der Waals surface area (Å²) in [5, 5.41) is 121. The van der Waals surface area contributed by atoms with E-state index < -0.39 is 124 Å². The molecule has 0 spiro atoms. The maximum Gasteiger partial charge on any atom is 0.220 e. The van der Waals surface area contributed by atoms with Gasteiger partial charge in [0.1, 0.15) is 73.2 Å². The summed E-state index contributed by atoms with van der Waals surface area (Å²) in [5.41, 5.74) is 0. The summed E-state index contributed by atoms with van der Waals surface area (Å²) in [6, 6.07) is -0.884. The highest BCUT2D eigenvalue weighted by atomic mass is 16.8. The molecule has 3 aliphatic heterocycles. The summed E-state index contributed by atoms with van der Waals surface area (Å²) in [7, 11) is 0. The Morgan fingerprint density at radius 1 is 0.296 bits per heavy atom.